The van der Waals surface area contributed by atoms with E-state index in [2.05, 4.69) is 29.3 Å². The number of hydrogen-bond donors (Lipinski definition) is 2. The van der Waals surface area contributed by atoms with Crippen molar-refractivity contribution in [2.24, 2.45) is 5.92 Å². The molecule has 0 aromatic carbocycles. The second kappa shape index (κ2) is 5.77. The average molecular weight is 255 g/mol. The number of nitrogens with one attached hydrogen (secondary N) is 1. The Morgan fingerprint density at radius 2 is 2.33 bits per heavy atom. The molecular weight excluding hydrogens is 234 g/mol. The maximum Gasteiger partial charge on any atom is 0.243 e. The van der Waals surface area contributed by atoms with Gasteiger partial charge in [-0.1, -0.05) is 19.0 Å². The molecular formula is C12H21N3O3. The summed E-state index contributed by atoms with van der Waals surface area (Å²) in [6, 6.07) is -0.0457. The molecule has 1 aliphatic heterocycles. The molecule has 6 nitrogen and oxygen atoms in total. The van der Waals surface area contributed by atoms with Crippen molar-refractivity contribution in [1.29, 1.82) is 0 Å². The Bertz CT molecular complexity index is 380. The third-order valence-electron chi connectivity index (χ3n) is 3.07. The van der Waals surface area contributed by atoms with Gasteiger partial charge < -0.3 is 19.7 Å². The molecule has 1 aromatic heterocycles. The zero-order valence-corrected chi connectivity index (χ0v) is 11.1. The van der Waals surface area contributed by atoms with Crippen LogP contribution < -0.4 is 5.32 Å². The molecule has 0 bridgehead atoms. The van der Waals surface area contributed by atoms with Crippen molar-refractivity contribution in [2.45, 2.75) is 45.4 Å². The van der Waals surface area contributed by atoms with Gasteiger partial charge in [0.2, 0.25) is 11.7 Å². The lowest BCUT2D eigenvalue weighted by atomic mass is 10.1. The topological polar surface area (TPSA) is 80.4 Å². The summed E-state index contributed by atoms with van der Waals surface area (Å²) in [5.41, 5.74) is 0. The lowest BCUT2D eigenvalue weighted by Crippen LogP contribution is -2.16. The fourth-order valence-electron chi connectivity index (χ4n) is 2.15. The molecule has 0 aliphatic carbocycles. The maximum atomic E-state index is 9.47. The number of aromatic nitrogens is 2. The fraction of sp³-hybridized carbons (Fsp3) is 0.833. The Morgan fingerprint density at radius 3 is 2.89 bits per heavy atom. The number of rotatable bonds is 5. The third-order valence-corrected chi connectivity index (χ3v) is 3.07. The second-order valence-electron chi connectivity index (χ2n) is 4.96. The highest BCUT2D eigenvalue weighted by molar-refractivity contribution is 5.00. The zero-order valence-electron chi connectivity index (χ0n) is 11.1. The largest absolute Gasteiger partial charge is 0.392 e. The summed E-state index contributed by atoms with van der Waals surface area (Å²) in [6.07, 6.45) is 0.139. The first-order valence-corrected chi connectivity index (χ1v) is 6.48. The van der Waals surface area contributed by atoms with Crippen LogP contribution in [0.3, 0.4) is 0 Å². The van der Waals surface area contributed by atoms with E-state index in [1.165, 1.54) is 0 Å². The molecule has 2 heterocycles. The van der Waals surface area contributed by atoms with Crippen LogP contribution in [-0.2, 0) is 4.74 Å². The van der Waals surface area contributed by atoms with E-state index in [-0.39, 0.29) is 24.2 Å². The van der Waals surface area contributed by atoms with Gasteiger partial charge in [0.05, 0.1) is 12.1 Å². The van der Waals surface area contributed by atoms with E-state index in [1.807, 2.05) is 6.92 Å². The Morgan fingerprint density at radius 1 is 1.56 bits per heavy atom. The molecule has 2 unspecified atom stereocenters. The molecule has 0 amide bonds. The predicted molar refractivity (Wildman–Crippen MR) is 64.9 cm³/mol. The lowest BCUT2D eigenvalue weighted by Gasteiger charge is -2.16. The molecule has 1 saturated heterocycles. The molecule has 0 radical (unpaired) electrons. The molecule has 2 rings (SSSR count). The van der Waals surface area contributed by atoms with Gasteiger partial charge in [-0.2, -0.15) is 4.98 Å². The van der Waals surface area contributed by atoms with E-state index in [4.69, 9.17) is 9.26 Å². The molecule has 0 saturated carbocycles. The standard InChI is InChI=1S/C12H21N3O3/c1-4-17-10(7(2)3)11-14-12(18-15-11)9-5-8(16)6-13-9/h7-10,13,16H,4-6H2,1-3H3/t8?,9-,10?/m0/s1. The number of aliphatic hydroxyl groups is 1. The number of hydrogen-bond acceptors (Lipinski definition) is 6. The summed E-state index contributed by atoms with van der Waals surface area (Å²) >= 11 is 0. The SMILES string of the molecule is CCOC(c1noc([C@@H]2CC(O)CN2)n1)C(C)C. The van der Waals surface area contributed by atoms with Crippen molar-refractivity contribution in [3.05, 3.63) is 11.7 Å². The quantitative estimate of drug-likeness (QED) is 0.823. The Hall–Kier alpha value is -0.980. The van der Waals surface area contributed by atoms with Crippen molar-refractivity contribution in [2.75, 3.05) is 13.2 Å². The maximum absolute atomic E-state index is 9.47. The highest BCUT2D eigenvalue weighted by atomic mass is 16.5. The number of nitrogens with zero attached hydrogens (tertiary/aromatic N) is 2. The van der Waals surface area contributed by atoms with Gasteiger partial charge in [-0.15, -0.1) is 0 Å². The first-order chi connectivity index (χ1) is 8.61. The van der Waals surface area contributed by atoms with Crippen LogP contribution in [0.2, 0.25) is 0 Å². The van der Waals surface area contributed by atoms with Gasteiger partial charge in [0.1, 0.15) is 6.10 Å². The van der Waals surface area contributed by atoms with Gasteiger partial charge >= 0.3 is 0 Å². The van der Waals surface area contributed by atoms with Crippen LogP contribution in [0.15, 0.2) is 4.52 Å². The monoisotopic (exact) mass is 255 g/mol. The molecule has 1 aromatic rings. The van der Waals surface area contributed by atoms with Gasteiger partial charge in [-0.3, -0.25) is 0 Å². The van der Waals surface area contributed by atoms with E-state index in [9.17, 15) is 5.11 Å². The number of ether oxygens (including phenoxy) is 1. The fourth-order valence-corrected chi connectivity index (χ4v) is 2.15. The summed E-state index contributed by atoms with van der Waals surface area (Å²) in [6.45, 7) is 7.27. The summed E-state index contributed by atoms with van der Waals surface area (Å²) in [5.74, 6) is 1.41. The third kappa shape index (κ3) is 2.88. The Kier molecular flexibility index (Phi) is 4.31. The van der Waals surface area contributed by atoms with Gasteiger partial charge in [0.25, 0.3) is 0 Å². The van der Waals surface area contributed by atoms with E-state index in [0.29, 0.717) is 31.3 Å². The minimum Gasteiger partial charge on any atom is -0.392 e. The molecule has 18 heavy (non-hydrogen) atoms. The van der Waals surface area contributed by atoms with Crippen molar-refractivity contribution >= 4 is 0 Å². The number of β-amino-alcohol motifs (C(OH)–C–C–N with tert-alkyl or cyclic N) is 1. The predicted octanol–water partition coefficient (Wildman–Crippen LogP) is 1.20. The Balaban J connectivity index is 2.08. The Labute approximate surface area is 107 Å². The summed E-state index contributed by atoms with van der Waals surface area (Å²) in [4.78, 5) is 4.39. The molecule has 1 fully saturated rings. The van der Waals surface area contributed by atoms with Crippen molar-refractivity contribution < 1.29 is 14.4 Å². The van der Waals surface area contributed by atoms with Crippen LogP contribution in [0.4, 0.5) is 0 Å². The van der Waals surface area contributed by atoms with Gasteiger partial charge in [-0.25, -0.2) is 0 Å². The van der Waals surface area contributed by atoms with Crippen molar-refractivity contribution in [1.82, 2.24) is 15.5 Å². The summed E-state index contributed by atoms with van der Waals surface area (Å²) < 4.78 is 10.9. The van der Waals surface area contributed by atoms with E-state index in [1.54, 1.807) is 0 Å². The van der Waals surface area contributed by atoms with Crippen LogP contribution in [0.1, 0.15) is 51.1 Å². The lowest BCUT2D eigenvalue weighted by molar-refractivity contribution is 0.0217. The summed E-state index contributed by atoms with van der Waals surface area (Å²) in [7, 11) is 0. The van der Waals surface area contributed by atoms with Crippen LogP contribution in [0.5, 0.6) is 0 Å². The summed E-state index contributed by atoms with van der Waals surface area (Å²) in [5, 5.41) is 16.6. The first-order valence-electron chi connectivity index (χ1n) is 6.48. The van der Waals surface area contributed by atoms with Gasteiger partial charge in [0, 0.05) is 13.2 Å². The molecule has 1 aliphatic rings. The van der Waals surface area contributed by atoms with Crippen LogP contribution in [-0.4, -0.2) is 34.5 Å². The van der Waals surface area contributed by atoms with Crippen molar-refractivity contribution in [3.63, 3.8) is 0 Å². The van der Waals surface area contributed by atoms with Crippen LogP contribution in [0.25, 0.3) is 0 Å². The van der Waals surface area contributed by atoms with Crippen molar-refractivity contribution in [3.8, 4) is 0 Å². The van der Waals surface area contributed by atoms with E-state index >= 15 is 0 Å². The molecule has 6 heteroatoms. The second-order valence-corrected chi connectivity index (χ2v) is 4.96. The minimum atomic E-state index is -0.335. The van der Waals surface area contributed by atoms with Gasteiger partial charge in [0.15, 0.2) is 0 Å². The molecule has 102 valence electrons. The molecule has 3 atom stereocenters. The zero-order chi connectivity index (χ0) is 13.1. The van der Waals surface area contributed by atoms with E-state index in [0.717, 1.165) is 0 Å². The van der Waals surface area contributed by atoms with E-state index < -0.39 is 0 Å². The highest BCUT2D eigenvalue weighted by Crippen LogP contribution is 2.27. The highest BCUT2D eigenvalue weighted by Gasteiger charge is 2.30. The number of aliphatic hydroxyl groups excluding tert-OH is 1. The van der Waals surface area contributed by atoms with Crippen LogP contribution in [0, 0.1) is 5.92 Å². The molecule has 0 spiro atoms. The van der Waals surface area contributed by atoms with Crippen LogP contribution >= 0.6 is 0 Å². The first kappa shape index (κ1) is 13.5. The van der Waals surface area contributed by atoms with Gasteiger partial charge in [-0.05, 0) is 19.3 Å². The smallest absolute Gasteiger partial charge is 0.243 e. The minimum absolute atomic E-state index is 0.0457. The normalized spacial score (nSPS) is 25.8. The molecule has 2 N–H and O–H groups in total. The average Bonchev–Trinajstić information content (AvgIpc) is 2.93.